The van der Waals surface area contributed by atoms with Crippen LogP contribution in [0.15, 0.2) is 20.7 Å². The molecular weight excluding hydrogens is 302 g/mol. The molecule has 21 heavy (non-hydrogen) atoms. The van der Waals surface area contributed by atoms with Crippen LogP contribution in [0.1, 0.15) is 6.42 Å². The van der Waals surface area contributed by atoms with Crippen LogP contribution in [0, 0.1) is 0 Å². The summed E-state index contributed by atoms with van der Waals surface area (Å²) in [5.74, 6) is 0. The maximum absolute atomic E-state index is 12.3. The zero-order valence-electron chi connectivity index (χ0n) is 12.1. The first-order valence-electron chi connectivity index (χ1n) is 6.13. The lowest BCUT2D eigenvalue weighted by molar-refractivity contribution is 0.158. The SMILES string of the molecule is COCC(CCO)NS(=O)(=O)c1cn(C)c(=O)n(C)c1=O. The average Bonchev–Trinajstić information content (AvgIpc) is 2.40. The van der Waals surface area contributed by atoms with Crippen molar-refractivity contribution in [2.45, 2.75) is 17.4 Å². The Morgan fingerprint density at radius 3 is 2.52 bits per heavy atom. The first kappa shape index (κ1) is 17.6. The molecule has 10 heteroatoms. The minimum Gasteiger partial charge on any atom is -0.396 e. The number of nitrogens with one attached hydrogen (secondary N) is 1. The lowest BCUT2D eigenvalue weighted by Crippen LogP contribution is -2.44. The summed E-state index contributed by atoms with van der Waals surface area (Å²) in [6.45, 7) is -0.187. The van der Waals surface area contributed by atoms with Crippen molar-refractivity contribution in [3.63, 3.8) is 0 Å². The number of aliphatic hydroxyl groups excluding tert-OH is 1. The second-order valence-corrected chi connectivity index (χ2v) is 6.22. The molecule has 9 nitrogen and oxygen atoms in total. The molecule has 0 saturated carbocycles. The zero-order valence-corrected chi connectivity index (χ0v) is 12.9. The number of sulfonamides is 1. The molecule has 0 aliphatic rings. The van der Waals surface area contributed by atoms with E-state index in [2.05, 4.69) is 4.72 Å². The number of ether oxygens (including phenoxy) is 1. The van der Waals surface area contributed by atoms with Gasteiger partial charge in [-0.1, -0.05) is 0 Å². The molecule has 0 bridgehead atoms. The van der Waals surface area contributed by atoms with Crippen molar-refractivity contribution in [3.05, 3.63) is 27.0 Å². The Hall–Kier alpha value is -1.49. The average molecular weight is 321 g/mol. The molecule has 0 aliphatic heterocycles. The Kier molecular flexibility index (Phi) is 5.84. The summed E-state index contributed by atoms with van der Waals surface area (Å²) >= 11 is 0. The summed E-state index contributed by atoms with van der Waals surface area (Å²) in [5, 5.41) is 8.91. The van der Waals surface area contributed by atoms with Crippen LogP contribution in [0.25, 0.3) is 0 Å². The van der Waals surface area contributed by atoms with Gasteiger partial charge in [-0.25, -0.2) is 17.9 Å². The van der Waals surface area contributed by atoms with Gasteiger partial charge in [0.05, 0.1) is 6.61 Å². The van der Waals surface area contributed by atoms with E-state index in [4.69, 9.17) is 9.84 Å². The van der Waals surface area contributed by atoms with Crippen LogP contribution < -0.4 is 16.0 Å². The smallest absolute Gasteiger partial charge is 0.330 e. The Morgan fingerprint density at radius 1 is 1.38 bits per heavy atom. The summed E-state index contributed by atoms with van der Waals surface area (Å²) in [7, 11) is -0.191. The number of aromatic nitrogens is 2. The number of aliphatic hydroxyl groups is 1. The number of methoxy groups -OCH3 is 1. The van der Waals surface area contributed by atoms with Gasteiger partial charge in [0.2, 0.25) is 10.0 Å². The monoisotopic (exact) mass is 321 g/mol. The molecule has 0 fully saturated rings. The van der Waals surface area contributed by atoms with Crippen molar-refractivity contribution in [2.24, 2.45) is 14.1 Å². The lowest BCUT2D eigenvalue weighted by Gasteiger charge is -2.17. The number of aryl methyl sites for hydroxylation is 1. The van der Waals surface area contributed by atoms with Crippen LogP contribution in [-0.2, 0) is 28.9 Å². The summed E-state index contributed by atoms with van der Waals surface area (Å²) in [4.78, 5) is 23.0. The van der Waals surface area contributed by atoms with Crippen LogP contribution >= 0.6 is 0 Å². The van der Waals surface area contributed by atoms with E-state index < -0.39 is 32.2 Å². The summed E-state index contributed by atoms with van der Waals surface area (Å²) in [5.41, 5.74) is -1.53. The van der Waals surface area contributed by atoms with Gasteiger partial charge in [0.1, 0.15) is 0 Å². The van der Waals surface area contributed by atoms with Crippen molar-refractivity contribution in [3.8, 4) is 0 Å². The molecule has 1 aromatic heterocycles. The highest BCUT2D eigenvalue weighted by Crippen LogP contribution is 2.04. The topological polar surface area (TPSA) is 120 Å². The van der Waals surface area contributed by atoms with Gasteiger partial charge < -0.3 is 14.4 Å². The quantitative estimate of drug-likeness (QED) is 0.586. The number of nitrogens with zero attached hydrogens (tertiary/aromatic N) is 2. The van der Waals surface area contributed by atoms with Crippen molar-refractivity contribution in [2.75, 3.05) is 20.3 Å². The standard InChI is InChI=1S/C11H19N3O6S/c1-13-6-9(10(16)14(2)11(13)17)21(18,19)12-8(4-5-15)7-20-3/h6,8,12,15H,4-5,7H2,1-3H3. The van der Waals surface area contributed by atoms with E-state index in [-0.39, 0.29) is 19.6 Å². The maximum atomic E-state index is 12.3. The second-order valence-electron chi connectivity index (χ2n) is 4.54. The Bertz CT molecular complexity index is 700. The number of rotatable bonds is 7. The molecule has 1 rings (SSSR count). The molecule has 0 saturated heterocycles. The molecule has 1 heterocycles. The first-order valence-corrected chi connectivity index (χ1v) is 7.61. The Balaban J connectivity index is 3.25. The first-order chi connectivity index (χ1) is 9.74. The largest absolute Gasteiger partial charge is 0.396 e. The molecule has 0 amide bonds. The van der Waals surface area contributed by atoms with E-state index in [0.717, 1.165) is 10.8 Å². The molecule has 0 aromatic carbocycles. The van der Waals surface area contributed by atoms with Crippen LogP contribution in [0.4, 0.5) is 0 Å². The van der Waals surface area contributed by atoms with Crippen molar-refractivity contribution in [1.29, 1.82) is 0 Å². The van der Waals surface area contributed by atoms with Gasteiger partial charge in [-0.3, -0.25) is 9.36 Å². The van der Waals surface area contributed by atoms with Gasteiger partial charge in [-0.15, -0.1) is 0 Å². The van der Waals surface area contributed by atoms with E-state index in [9.17, 15) is 18.0 Å². The summed E-state index contributed by atoms with van der Waals surface area (Å²) < 4.78 is 33.4. The van der Waals surface area contributed by atoms with Crippen molar-refractivity contribution < 1.29 is 18.3 Å². The predicted molar refractivity (Wildman–Crippen MR) is 74.6 cm³/mol. The third kappa shape index (κ3) is 4.00. The molecule has 0 aliphatic carbocycles. The van der Waals surface area contributed by atoms with Gasteiger partial charge in [-0.05, 0) is 6.42 Å². The Labute approximate surface area is 121 Å². The third-order valence-corrected chi connectivity index (χ3v) is 4.37. The van der Waals surface area contributed by atoms with Gasteiger partial charge in [0.15, 0.2) is 4.90 Å². The fourth-order valence-corrected chi connectivity index (χ4v) is 3.19. The van der Waals surface area contributed by atoms with Gasteiger partial charge in [-0.2, -0.15) is 0 Å². The Morgan fingerprint density at radius 2 is 2.00 bits per heavy atom. The molecule has 2 N–H and O–H groups in total. The fraction of sp³-hybridized carbons (Fsp3) is 0.636. The highest BCUT2D eigenvalue weighted by Gasteiger charge is 2.24. The normalized spacial score (nSPS) is 13.3. The molecule has 1 atom stereocenters. The van der Waals surface area contributed by atoms with Crippen LogP contribution in [0.2, 0.25) is 0 Å². The van der Waals surface area contributed by atoms with E-state index >= 15 is 0 Å². The zero-order chi connectivity index (χ0) is 16.2. The molecular formula is C11H19N3O6S. The van der Waals surface area contributed by atoms with E-state index in [1.807, 2.05) is 0 Å². The summed E-state index contributed by atoms with van der Waals surface area (Å²) in [6.07, 6.45) is 1.11. The van der Waals surface area contributed by atoms with Gasteiger partial charge >= 0.3 is 5.69 Å². The minimum absolute atomic E-state index is 0.0475. The number of hydrogen-bond donors (Lipinski definition) is 2. The van der Waals surface area contributed by atoms with E-state index in [1.165, 1.54) is 21.2 Å². The fourth-order valence-electron chi connectivity index (χ4n) is 1.78. The highest BCUT2D eigenvalue weighted by molar-refractivity contribution is 7.89. The molecule has 120 valence electrons. The lowest BCUT2D eigenvalue weighted by atomic mass is 10.2. The van der Waals surface area contributed by atoms with Crippen molar-refractivity contribution in [1.82, 2.24) is 13.9 Å². The maximum Gasteiger partial charge on any atom is 0.330 e. The van der Waals surface area contributed by atoms with Crippen LogP contribution in [0.3, 0.4) is 0 Å². The van der Waals surface area contributed by atoms with Crippen LogP contribution in [0.5, 0.6) is 0 Å². The van der Waals surface area contributed by atoms with Gasteiger partial charge in [0.25, 0.3) is 5.56 Å². The predicted octanol–water partition coefficient (Wildman–Crippen LogP) is -2.24. The molecule has 0 spiro atoms. The van der Waals surface area contributed by atoms with Gasteiger partial charge in [0, 0.05) is 40.1 Å². The minimum atomic E-state index is -4.13. The molecule has 1 aromatic rings. The summed E-state index contributed by atoms with van der Waals surface area (Å²) in [6, 6.07) is -0.674. The third-order valence-electron chi connectivity index (χ3n) is 2.87. The van der Waals surface area contributed by atoms with Crippen LogP contribution in [-0.4, -0.2) is 49.0 Å². The molecule has 1 unspecified atom stereocenters. The highest BCUT2D eigenvalue weighted by atomic mass is 32.2. The van der Waals surface area contributed by atoms with E-state index in [0.29, 0.717) is 4.57 Å². The number of hydrogen-bond acceptors (Lipinski definition) is 6. The second kappa shape index (κ2) is 6.98. The van der Waals surface area contributed by atoms with Crippen molar-refractivity contribution >= 4 is 10.0 Å². The molecule has 0 radical (unpaired) electrons. The van der Waals surface area contributed by atoms with E-state index in [1.54, 1.807) is 0 Å².